The molecule has 0 atom stereocenters. The molecule has 1 aromatic rings. The monoisotopic (exact) mass is 279 g/mol. The minimum Gasteiger partial charge on any atom is -0.342 e. The lowest BCUT2D eigenvalue weighted by molar-refractivity contribution is -0.129. The fourth-order valence-electron chi connectivity index (χ4n) is 2.68. The molecule has 1 aliphatic rings. The van der Waals surface area contributed by atoms with E-state index in [1.807, 2.05) is 4.90 Å². The molecule has 1 amide bonds. The zero-order chi connectivity index (χ0) is 13.7. The largest absolute Gasteiger partial charge is 0.342 e. The van der Waals surface area contributed by atoms with Crippen LogP contribution < -0.4 is 0 Å². The third-order valence-corrected chi connectivity index (χ3v) is 4.27. The highest BCUT2D eigenvalue weighted by Crippen LogP contribution is 2.22. The van der Waals surface area contributed by atoms with E-state index in [0.717, 1.165) is 38.3 Å². The Labute approximate surface area is 120 Å². The molecule has 0 saturated carbocycles. The molecule has 19 heavy (non-hydrogen) atoms. The van der Waals surface area contributed by atoms with Crippen molar-refractivity contribution in [1.29, 1.82) is 0 Å². The highest BCUT2D eigenvalue weighted by Gasteiger charge is 2.21. The Hall–Kier alpha value is -1.02. The number of hydrogen-bond donors (Lipinski definition) is 0. The Morgan fingerprint density at radius 1 is 1.26 bits per heavy atom. The van der Waals surface area contributed by atoms with Gasteiger partial charge in [-0.25, -0.2) is 0 Å². The molecule has 0 aromatic heterocycles. The second kappa shape index (κ2) is 6.95. The molecule has 0 N–H and O–H groups in total. The zero-order valence-corrected chi connectivity index (χ0v) is 12.3. The van der Waals surface area contributed by atoms with Crippen molar-refractivity contribution >= 4 is 17.5 Å². The molecule has 1 saturated heterocycles. The molecule has 104 valence electrons. The van der Waals surface area contributed by atoms with Crippen molar-refractivity contribution < 1.29 is 4.79 Å². The van der Waals surface area contributed by atoms with E-state index in [0.29, 0.717) is 0 Å². The number of hydrogen-bond acceptors (Lipinski definition) is 1. The van der Waals surface area contributed by atoms with Crippen LogP contribution in [0.2, 0.25) is 0 Å². The molecule has 0 bridgehead atoms. The summed E-state index contributed by atoms with van der Waals surface area (Å²) in [4.78, 5) is 13.4. The Morgan fingerprint density at radius 2 is 1.89 bits per heavy atom. The van der Waals surface area contributed by atoms with Crippen molar-refractivity contribution in [1.82, 2.24) is 4.90 Å². The minimum absolute atomic E-state index is 0.0821. The van der Waals surface area contributed by atoms with Crippen LogP contribution in [0, 0.1) is 12.8 Å². The van der Waals surface area contributed by atoms with Gasteiger partial charge in [-0.1, -0.05) is 29.8 Å². The number of piperidine rings is 1. The molecular formula is C16H22ClNO. The molecule has 1 heterocycles. The van der Waals surface area contributed by atoms with Gasteiger partial charge in [-0.15, -0.1) is 11.6 Å². The zero-order valence-electron chi connectivity index (χ0n) is 11.6. The van der Waals surface area contributed by atoms with Crippen molar-refractivity contribution in [2.24, 2.45) is 5.92 Å². The molecule has 0 aliphatic carbocycles. The summed E-state index contributed by atoms with van der Waals surface area (Å²) >= 11 is 5.58. The number of amides is 1. The highest BCUT2D eigenvalue weighted by atomic mass is 35.5. The van der Waals surface area contributed by atoms with E-state index in [1.165, 1.54) is 17.5 Å². The summed E-state index contributed by atoms with van der Waals surface area (Å²) < 4.78 is 0. The summed E-state index contributed by atoms with van der Waals surface area (Å²) in [7, 11) is 0. The fourth-order valence-corrected chi connectivity index (χ4v) is 2.85. The van der Waals surface area contributed by atoms with Gasteiger partial charge in [0.2, 0.25) is 5.91 Å². The van der Waals surface area contributed by atoms with Gasteiger partial charge in [0.1, 0.15) is 5.88 Å². The smallest absolute Gasteiger partial charge is 0.237 e. The lowest BCUT2D eigenvalue weighted by Gasteiger charge is -2.31. The quantitative estimate of drug-likeness (QED) is 0.774. The second-order valence-electron chi connectivity index (χ2n) is 5.48. The van der Waals surface area contributed by atoms with Crippen LogP contribution in [0.25, 0.3) is 0 Å². The first kappa shape index (κ1) is 14.4. The van der Waals surface area contributed by atoms with Gasteiger partial charge in [-0.05, 0) is 44.1 Å². The first-order valence-corrected chi connectivity index (χ1v) is 7.62. The predicted octanol–water partition coefficient (Wildman–Crippen LogP) is 3.41. The van der Waals surface area contributed by atoms with E-state index in [2.05, 4.69) is 31.2 Å². The Balaban J connectivity index is 1.74. The van der Waals surface area contributed by atoms with Gasteiger partial charge in [0, 0.05) is 13.1 Å². The van der Waals surface area contributed by atoms with Crippen molar-refractivity contribution in [2.45, 2.75) is 32.6 Å². The topological polar surface area (TPSA) is 20.3 Å². The van der Waals surface area contributed by atoms with Crippen LogP contribution in [0.5, 0.6) is 0 Å². The second-order valence-corrected chi connectivity index (χ2v) is 5.75. The van der Waals surface area contributed by atoms with Crippen molar-refractivity contribution in [3.63, 3.8) is 0 Å². The average Bonchev–Trinajstić information content (AvgIpc) is 2.46. The molecule has 2 nitrogen and oxygen atoms in total. The number of carbonyl (C=O) groups excluding carboxylic acids is 1. The van der Waals surface area contributed by atoms with Crippen LogP contribution in [0.15, 0.2) is 24.3 Å². The molecule has 0 spiro atoms. The van der Waals surface area contributed by atoms with Crippen LogP contribution in [-0.4, -0.2) is 29.8 Å². The number of likely N-dealkylation sites (tertiary alicyclic amines) is 1. The molecule has 1 aromatic carbocycles. The van der Waals surface area contributed by atoms with Crippen molar-refractivity contribution in [2.75, 3.05) is 19.0 Å². The molecule has 2 rings (SSSR count). The minimum atomic E-state index is 0.0821. The van der Waals surface area contributed by atoms with Gasteiger partial charge in [-0.2, -0.15) is 0 Å². The molecule has 0 radical (unpaired) electrons. The SMILES string of the molecule is Cc1ccc(CCC2CCN(C(=O)CCl)CC2)cc1. The van der Waals surface area contributed by atoms with E-state index in [4.69, 9.17) is 11.6 Å². The Kier molecular flexibility index (Phi) is 5.26. The van der Waals surface area contributed by atoms with Gasteiger partial charge >= 0.3 is 0 Å². The van der Waals surface area contributed by atoms with Crippen LogP contribution in [0.1, 0.15) is 30.4 Å². The maximum absolute atomic E-state index is 11.5. The molecule has 3 heteroatoms. The fraction of sp³-hybridized carbons (Fsp3) is 0.562. The molecular weight excluding hydrogens is 258 g/mol. The number of carbonyl (C=O) groups is 1. The lowest BCUT2D eigenvalue weighted by Crippen LogP contribution is -2.39. The van der Waals surface area contributed by atoms with Gasteiger partial charge in [0.15, 0.2) is 0 Å². The normalized spacial score (nSPS) is 16.6. The van der Waals surface area contributed by atoms with E-state index in [-0.39, 0.29) is 11.8 Å². The summed E-state index contributed by atoms with van der Waals surface area (Å²) in [6, 6.07) is 8.80. The van der Waals surface area contributed by atoms with Crippen LogP contribution in [-0.2, 0) is 11.2 Å². The third-order valence-electron chi connectivity index (χ3n) is 4.04. The summed E-state index contributed by atoms with van der Waals surface area (Å²) in [5.74, 6) is 0.952. The summed E-state index contributed by atoms with van der Waals surface area (Å²) in [5, 5.41) is 0. The highest BCUT2D eigenvalue weighted by molar-refractivity contribution is 6.27. The van der Waals surface area contributed by atoms with E-state index < -0.39 is 0 Å². The number of nitrogens with zero attached hydrogens (tertiary/aromatic N) is 1. The Morgan fingerprint density at radius 3 is 2.47 bits per heavy atom. The maximum Gasteiger partial charge on any atom is 0.237 e. The van der Waals surface area contributed by atoms with E-state index in [1.54, 1.807) is 0 Å². The van der Waals surface area contributed by atoms with Gasteiger partial charge < -0.3 is 4.90 Å². The number of benzene rings is 1. The summed E-state index contributed by atoms with van der Waals surface area (Å²) in [5.41, 5.74) is 2.74. The van der Waals surface area contributed by atoms with Crippen molar-refractivity contribution in [3.05, 3.63) is 35.4 Å². The van der Waals surface area contributed by atoms with E-state index >= 15 is 0 Å². The summed E-state index contributed by atoms with van der Waals surface area (Å²) in [6.45, 7) is 3.88. The molecule has 1 aliphatic heterocycles. The Bertz CT molecular complexity index is 407. The van der Waals surface area contributed by atoms with Gasteiger partial charge in [0.25, 0.3) is 0 Å². The maximum atomic E-state index is 11.5. The number of rotatable bonds is 4. The average molecular weight is 280 g/mol. The van der Waals surface area contributed by atoms with Gasteiger partial charge in [-0.3, -0.25) is 4.79 Å². The van der Waals surface area contributed by atoms with Crippen LogP contribution in [0.3, 0.4) is 0 Å². The molecule has 0 unspecified atom stereocenters. The van der Waals surface area contributed by atoms with E-state index in [9.17, 15) is 4.79 Å². The number of aryl methyl sites for hydroxylation is 2. The summed E-state index contributed by atoms with van der Waals surface area (Å²) in [6.07, 6.45) is 4.61. The first-order chi connectivity index (χ1) is 9.19. The number of alkyl halides is 1. The van der Waals surface area contributed by atoms with Crippen molar-refractivity contribution in [3.8, 4) is 0 Å². The predicted molar refractivity (Wildman–Crippen MR) is 79.5 cm³/mol. The lowest BCUT2D eigenvalue weighted by atomic mass is 9.90. The standard InChI is InChI=1S/C16H22ClNO/c1-13-2-4-14(5-3-13)6-7-15-8-10-18(11-9-15)16(19)12-17/h2-5,15H,6-12H2,1H3. The van der Waals surface area contributed by atoms with Crippen LogP contribution >= 0.6 is 11.6 Å². The van der Waals surface area contributed by atoms with Gasteiger partial charge in [0.05, 0.1) is 0 Å². The first-order valence-electron chi connectivity index (χ1n) is 7.08. The third kappa shape index (κ3) is 4.24. The molecule has 1 fully saturated rings. The van der Waals surface area contributed by atoms with Crippen LogP contribution in [0.4, 0.5) is 0 Å². The number of halogens is 1.